The molecule has 0 aliphatic heterocycles. The highest BCUT2D eigenvalue weighted by molar-refractivity contribution is 5.24. The van der Waals surface area contributed by atoms with Gasteiger partial charge in [-0.1, -0.05) is 82.7 Å². The van der Waals surface area contributed by atoms with E-state index < -0.39 is 11.6 Å². The molecule has 0 saturated carbocycles. The highest BCUT2D eigenvalue weighted by atomic mass is 79.9. The molecule has 1 rings (SSSR count). The fraction of sp³-hybridized carbons (Fsp3) is 0.714. The Kier molecular flexibility index (Phi) is 11.9. The van der Waals surface area contributed by atoms with Crippen LogP contribution in [0.1, 0.15) is 77.2 Å². The van der Waals surface area contributed by atoms with Crippen LogP contribution in [0.25, 0.3) is 0 Å². The number of quaternary nitrogens is 1. The SMILES string of the molecule is CCCCCCCCCC(c1ccccc1)(C(O)CC)[N+](C)(C)O.[Br-]. The molecule has 4 heteroatoms. The Bertz CT molecular complexity index is 447. The molecular formula is C21H38BrNO2. The number of aliphatic hydroxyl groups excluding tert-OH is 1. The van der Waals surface area contributed by atoms with Gasteiger partial charge in [0.2, 0.25) is 0 Å². The van der Waals surface area contributed by atoms with Crippen LogP contribution in [0.5, 0.6) is 0 Å². The van der Waals surface area contributed by atoms with Gasteiger partial charge < -0.3 is 22.1 Å². The topological polar surface area (TPSA) is 40.5 Å². The molecule has 0 aliphatic carbocycles. The summed E-state index contributed by atoms with van der Waals surface area (Å²) in [6.07, 6.45) is 9.50. The lowest BCUT2D eigenvalue weighted by atomic mass is 9.77. The van der Waals surface area contributed by atoms with E-state index in [2.05, 4.69) is 6.92 Å². The molecular weight excluding hydrogens is 378 g/mol. The first kappa shape index (κ1) is 24.6. The van der Waals surface area contributed by atoms with Crippen LogP contribution < -0.4 is 17.0 Å². The third kappa shape index (κ3) is 6.67. The van der Waals surface area contributed by atoms with Gasteiger partial charge in [0.25, 0.3) is 0 Å². The van der Waals surface area contributed by atoms with Gasteiger partial charge >= 0.3 is 0 Å². The lowest BCUT2D eigenvalue weighted by Gasteiger charge is -2.46. The van der Waals surface area contributed by atoms with Gasteiger partial charge in [-0.05, 0) is 12.8 Å². The minimum atomic E-state index is -0.667. The molecule has 2 atom stereocenters. The van der Waals surface area contributed by atoms with E-state index >= 15 is 0 Å². The zero-order valence-electron chi connectivity index (χ0n) is 16.5. The maximum Gasteiger partial charge on any atom is 0.180 e. The Labute approximate surface area is 165 Å². The second kappa shape index (κ2) is 12.1. The molecule has 0 aliphatic rings. The van der Waals surface area contributed by atoms with Crippen LogP contribution in [0.3, 0.4) is 0 Å². The number of nitrogens with zero attached hydrogens (tertiary/aromatic N) is 1. The van der Waals surface area contributed by atoms with Crippen LogP contribution in [-0.4, -0.2) is 35.2 Å². The van der Waals surface area contributed by atoms with E-state index in [1.54, 1.807) is 14.1 Å². The highest BCUT2D eigenvalue weighted by Gasteiger charge is 2.52. The fourth-order valence-electron chi connectivity index (χ4n) is 3.87. The first-order chi connectivity index (χ1) is 11.4. The third-order valence-corrected chi connectivity index (χ3v) is 5.35. The fourth-order valence-corrected chi connectivity index (χ4v) is 3.87. The maximum atomic E-state index is 10.9. The number of hydroxylamine groups is 3. The number of unbranched alkanes of at least 4 members (excludes halogenated alkanes) is 6. The number of halogens is 1. The summed E-state index contributed by atoms with van der Waals surface area (Å²) in [5, 5.41) is 21.8. The Balaban J connectivity index is 0.00000576. The molecule has 0 saturated heterocycles. The zero-order chi connectivity index (χ0) is 18.1. The van der Waals surface area contributed by atoms with Crippen molar-refractivity contribution in [3.63, 3.8) is 0 Å². The largest absolute Gasteiger partial charge is 1.00 e. The quantitative estimate of drug-likeness (QED) is 0.312. The molecule has 0 heterocycles. The second-order valence-electron chi connectivity index (χ2n) is 7.48. The number of hydrogen-bond acceptors (Lipinski definition) is 2. The van der Waals surface area contributed by atoms with Gasteiger partial charge in [-0.2, -0.15) is 4.65 Å². The van der Waals surface area contributed by atoms with Crippen molar-refractivity contribution >= 4 is 0 Å². The van der Waals surface area contributed by atoms with E-state index in [0.717, 1.165) is 24.8 Å². The van der Waals surface area contributed by atoms with Crippen LogP contribution >= 0.6 is 0 Å². The minimum Gasteiger partial charge on any atom is -1.00 e. The summed E-state index contributed by atoms with van der Waals surface area (Å²) in [5.41, 5.74) is 0.359. The van der Waals surface area contributed by atoms with Gasteiger partial charge in [0, 0.05) is 12.0 Å². The Morgan fingerprint density at radius 3 is 1.92 bits per heavy atom. The normalized spacial score (nSPS) is 15.3. The van der Waals surface area contributed by atoms with E-state index in [-0.39, 0.29) is 21.6 Å². The molecule has 0 aromatic heterocycles. The van der Waals surface area contributed by atoms with Crippen molar-refractivity contribution in [2.45, 2.75) is 83.3 Å². The van der Waals surface area contributed by atoms with Gasteiger partial charge in [0.15, 0.2) is 5.54 Å². The van der Waals surface area contributed by atoms with Crippen molar-refractivity contribution in [3.05, 3.63) is 35.9 Å². The molecule has 0 spiro atoms. The van der Waals surface area contributed by atoms with Crippen molar-refractivity contribution in [2.75, 3.05) is 14.1 Å². The lowest BCUT2D eigenvalue weighted by Crippen LogP contribution is -3.00. The molecule has 1 aromatic carbocycles. The van der Waals surface area contributed by atoms with Gasteiger partial charge in [0.1, 0.15) is 6.10 Å². The van der Waals surface area contributed by atoms with Crippen molar-refractivity contribution in [3.8, 4) is 0 Å². The number of benzene rings is 1. The minimum absolute atomic E-state index is 0. The predicted octanol–water partition coefficient (Wildman–Crippen LogP) is 2.26. The van der Waals surface area contributed by atoms with Crippen LogP contribution in [0.2, 0.25) is 0 Å². The number of rotatable bonds is 12. The van der Waals surface area contributed by atoms with Gasteiger partial charge in [-0.15, -0.1) is 0 Å². The number of hydrogen-bond donors (Lipinski definition) is 2. The summed E-state index contributed by atoms with van der Waals surface area (Å²) in [6, 6.07) is 10.0. The molecule has 2 unspecified atom stereocenters. The monoisotopic (exact) mass is 415 g/mol. The van der Waals surface area contributed by atoms with Crippen molar-refractivity contribution in [1.29, 1.82) is 0 Å². The highest BCUT2D eigenvalue weighted by Crippen LogP contribution is 2.40. The Morgan fingerprint density at radius 1 is 0.920 bits per heavy atom. The van der Waals surface area contributed by atoms with E-state index in [9.17, 15) is 10.3 Å². The molecule has 25 heavy (non-hydrogen) atoms. The standard InChI is InChI=1S/C21H38NO2.BrH/c1-5-7-8-9-10-11-15-18-21(20(23)6-2,22(3,4)24)19-16-13-12-14-17-19;/h12-14,16-17,20,23-24H,5-11,15,18H2,1-4H3;1H/q+1;/p-1. The summed E-state index contributed by atoms with van der Waals surface area (Å²) in [4.78, 5) is 0. The van der Waals surface area contributed by atoms with E-state index in [1.807, 2.05) is 37.3 Å². The molecule has 0 bridgehead atoms. The Morgan fingerprint density at radius 2 is 1.44 bits per heavy atom. The zero-order valence-corrected chi connectivity index (χ0v) is 18.1. The lowest BCUT2D eigenvalue weighted by molar-refractivity contribution is -1.12. The molecule has 146 valence electrons. The van der Waals surface area contributed by atoms with Crippen LogP contribution in [-0.2, 0) is 5.54 Å². The molecule has 2 N–H and O–H groups in total. The van der Waals surface area contributed by atoms with Crippen LogP contribution in [0, 0.1) is 0 Å². The Hall–Kier alpha value is -0.420. The molecule has 0 radical (unpaired) electrons. The first-order valence-corrected chi connectivity index (χ1v) is 9.70. The summed E-state index contributed by atoms with van der Waals surface area (Å²) in [5.74, 6) is 0. The van der Waals surface area contributed by atoms with E-state index in [1.165, 1.54) is 32.1 Å². The number of likely N-dealkylation sites (N-methyl/N-ethyl adjacent to an activating group) is 1. The first-order valence-electron chi connectivity index (χ1n) is 9.70. The van der Waals surface area contributed by atoms with Gasteiger partial charge in [0.05, 0.1) is 14.1 Å². The average Bonchev–Trinajstić information content (AvgIpc) is 2.56. The van der Waals surface area contributed by atoms with E-state index in [4.69, 9.17) is 0 Å². The van der Waals surface area contributed by atoms with E-state index in [0.29, 0.717) is 6.42 Å². The van der Waals surface area contributed by atoms with Crippen molar-refractivity contribution in [1.82, 2.24) is 0 Å². The molecule has 1 aromatic rings. The van der Waals surface area contributed by atoms with Crippen molar-refractivity contribution in [2.24, 2.45) is 0 Å². The third-order valence-electron chi connectivity index (χ3n) is 5.35. The maximum absolute atomic E-state index is 10.9. The second-order valence-corrected chi connectivity index (χ2v) is 7.48. The van der Waals surface area contributed by atoms with Crippen LogP contribution in [0.4, 0.5) is 0 Å². The summed E-state index contributed by atoms with van der Waals surface area (Å²) < 4.78 is -0.234. The number of aliphatic hydroxyl groups is 1. The summed E-state index contributed by atoms with van der Waals surface area (Å²) in [6.45, 7) is 4.23. The predicted molar refractivity (Wildman–Crippen MR) is 101 cm³/mol. The average molecular weight is 416 g/mol. The van der Waals surface area contributed by atoms with Gasteiger partial charge in [-0.3, -0.25) is 0 Å². The molecule has 3 nitrogen and oxygen atoms in total. The molecule has 0 amide bonds. The summed E-state index contributed by atoms with van der Waals surface area (Å²) >= 11 is 0. The molecule has 0 fully saturated rings. The summed E-state index contributed by atoms with van der Waals surface area (Å²) in [7, 11) is 3.57. The van der Waals surface area contributed by atoms with Gasteiger partial charge in [-0.25, -0.2) is 5.21 Å². The smallest absolute Gasteiger partial charge is 0.180 e. The van der Waals surface area contributed by atoms with Crippen LogP contribution in [0.15, 0.2) is 30.3 Å². The van der Waals surface area contributed by atoms with Crippen molar-refractivity contribution < 1.29 is 31.9 Å².